The molecule has 0 aliphatic carbocycles. The number of hydrogen-bond donors (Lipinski definition) is 2. The number of nitrogens with zero attached hydrogens (tertiary/aromatic N) is 4. The fourth-order valence-corrected chi connectivity index (χ4v) is 2.54. The van der Waals surface area contributed by atoms with Crippen molar-refractivity contribution in [3.05, 3.63) is 34.2 Å². The summed E-state index contributed by atoms with van der Waals surface area (Å²) in [4.78, 5) is 18.6. The monoisotopic (exact) mass is 315 g/mol. The van der Waals surface area contributed by atoms with Crippen LogP contribution in [-0.2, 0) is 7.05 Å². The van der Waals surface area contributed by atoms with Crippen LogP contribution in [0.5, 0.6) is 0 Å². The van der Waals surface area contributed by atoms with E-state index < -0.39 is 0 Å². The Morgan fingerprint density at radius 3 is 2.87 bits per heavy atom. The zero-order chi connectivity index (χ0) is 17.0. The Bertz CT molecular complexity index is 793. The Labute approximate surface area is 134 Å². The molecule has 0 aromatic carbocycles. The van der Waals surface area contributed by atoms with Gasteiger partial charge in [-0.2, -0.15) is 5.26 Å². The number of aliphatic hydroxyl groups excluding tert-OH is 1. The zero-order valence-corrected chi connectivity index (χ0v) is 13.4. The second-order valence-corrected chi connectivity index (χ2v) is 5.46. The van der Waals surface area contributed by atoms with Crippen LogP contribution in [0.1, 0.15) is 19.0 Å². The first-order chi connectivity index (χ1) is 11.0. The summed E-state index contributed by atoms with van der Waals surface area (Å²) in [5.74, 6) is 0. The minimum absolute atomic E-state index is 0.0237. The molecule has 122 valence electrons. The van der Waals surface area contributed by atoms with E-state index >= 15 is 0 Å². The van der Waals surface area contributed by atoms with Crippen molar-refractivity contribution in [3.8, 4) is 6.07 Å². The van der Waals surface area contributed by atoms with E-state index in [1.165, 1.54) is 10.6 Å². The van der Waals surface area contributed by atoms with Crippen molar-refractivity contribution in [2.24, 2.45) is 12.8 Å². The lowest BCUT2D eigenvalue weighted by molar-refractivity contribution is 0.288. The molecule has 0 radical (unpaired) electrons. The molecular formula is C16H21N5O2. The normalized spacial score (nSPS) is 12.1. The maximum absolute atomic E-state index is 12.3. The molecule has 3 N–H and O–H groups in total. The van der Waals surface area contributed by atoms with Crippen molar-refractivity contribution in [2.75, 3.05) is 24.6 Å². The van der Waals surface area contributed by atoms with Crippen LogP contribution in [0, 0.1) is 11.3 Å². The van der Waals surface area contributed by atoms with Gasteiger partial charge in [0.2, 0.25) is 0 Å². The number of nitriles is 1. The van der Waals surface area contributed by atoms with Crippen molar-refractivity contribution in [1.29, 1.82) is 5.26 Å². The Morgan fingerprint density at radius 1 is 1.52 bits per heavy atom. The van der Waals surface area contributed by atoms with Gasteiger partial charge in [-0.3, -0.25) is 4.79 Å². The molecule has 0 spiro atoms. The van der Waals surface area contributed by atoms with E-state index in [0.29, 0.717) is 41.9 Å². The smallest absolute Gasteiger partial charge is 0.252 e. The minimum Gasteiger partial charge on any atom is -0.396 e. The van der Waals surface area contributed by atoms with Gasteiger partial charge >= 0.3 is 0 Å². The SMILES string of the molecule is C[C@@H](CN)N(CCCO)c1cc(=O)n(C)c2ccc(C#N)nc12. The van der Waals surface area contributed by atoms with Crippen molar-refractivity contribution < 1.29 is 5.11 Å². The third-order valence-corrected chi connectivity index (χ3v) is 3.92. The maximum Gasteiger partial charge on any atom is 0.252 e. The van der Waals surface area contributed by atoms with Crippen molar-refractivity contribution in [3.63, 3.8) is 0 Å². The quantitative estimate of drug-likeness (QED) is 0.796. The number of rotatable bonds is 6. The molecule has 0 saturated heterocycles. The fraction of sp³-hybridized carbons (Fsp3) is 0.438. The molecule has 7 heteroatoms. The lowest BCUT2D eigenvalue weighted by Crippen LogP contribution is -2.40. The van der Waals surface area contributed by atoms with E-state index in [1.807, 2.05) is 17.9 Å². The van der Waals surface area contributed by atoms with Gasteiger partial charge in [0.05, 0.1) is 11.2 Å². The molecule has 2 aromatic heterocycles. The van der Waals surface area contributed by atoms with E-state index in [9.17, 15) is 4.79 Å². The Balaban J connectivity index is 2.72. The number of aliphatic hydroxyl groups is 1. The Morgan fingerprint density at radius 2 is 2.26 bits per heavy atom. The van der Waals surface area contributed by atoms with Gasteiger partial charge in [0.25, 0.3) is 5.56 Å². The predicted octanol–water partition coefficient (Wildman–Crippen LogP) is 0.341. The number of fused-ring (bicyclic) bond motifs is 1. The van der Waals surface area contributed by atoms with Gasteiger partial charge in [-0.05, 0) is 25.5 Å². The molecule has 0 unspecified atom stereocenters. The lowest BCUT2D eigenvalue weighted by atomic mass is 10.1. The number of hydrogen-bond acceptors (Lipinski definition) is 6. The van der Waals surface area contributed by atoms with Gasteiger partial charge in [0, 0.05) is 38.9 Å². The van der Waals surface area contributed by atoms with Crippen molar-refractivity contribution in [2.45, 2.75) is 19.4 Å². The standard InChI is InChI=1S/C16H21N5O2/c1-11(9-17)21(6-3-7-22)14-8-15(23)20(2)13-5-4-12(10-18)19-16(13)14/h4-5,8,11,22H,3,6-7,9,17H2,1-2H3/t11-/m0/s1. The average Bonchev–Trinajstić information content (AvgIpc) is 2.58. The summed E-state index contributed by atoms with van der Waals surface area (Å²) in [5.41, 5.74) is 7.82. The second kappa shape index (κ2) is 7.22. The molecule has 0 aliphatic rings. The lowest BCUT2D eigenvalue weighted by Gasteiger charge is -2.31. The number of aryl methyl sites for hydroxylation is 1. The summed E-state index contributed by atoms with van der Waals surface area (Å²) in [6.45, 7) is 2.96. The molecule has 0 amide bonds. The van der Waals surface area contributed by atoms with Crippen LogP contribution in [0.4, 0.5) is 5.69 Å². The highest BCUT2D eigenvalue weighted by atomic mass is 16.3. The van der Waals surface area contributed by atoms with Crippen LogP contribution in [-0.4, -0.2) is 40.4 Å². The first-order valence-electron chi connectivity index (χ1n) is 7.52. The third kappa shape index (κ3) is 3.33. The summed E-state index contributed by atoms with van der Waals surface area (Å²) >= 11 is 0. The first-order valence-corrected chi connectivity index (χ1v) is 7.52. The molecule has 1 atom stereocenters. The van der Waals surface area contributed by atoms with E-state index in [-0.39, 0.29) is 18.2 Å². The van der Waals surface area contributed by atoms with E-state index in [1.54, 1.807) is 19.2 Å². The molecular weight excluding hydrogens is 294 g/mol. The first kappa shape index (κ1) is 16.9. The molecule has 2 aromatic rings. The van der Waals surface area contributed by atoms with Crippen LogP contribution in [0.15, 0.2) is 23.0 Å². The number of nitrogens with two attached hydrogens (primary N) is 1. The van der Waals surface area contributed by atoms with Gasteiger partial charge in [-0.1, -0.05) is 0 Å². The van der Waals surface area contributed by atoms with Crippen LogP contribution in [0.3, 0.4) is 0 Å². The van der Waals surface area contributed by atoms with Gasteiger partial charge in [0.1, 0.15) is 17.3 Å². The highest BCUT2D eigenvalue weighted by Gasteiger charge is 2.19. The summed E-state index contributed by atoms with van der Waals surface area (Å²) in [5, 5.41) is 18.2. The highest BCUT2D eigenvalue weighted by Crippen LogP contribution is 2.25. The van der Waals surface area contributed by atoms with Gasteiger partial charge < -0.3 is 20.3 Å². The fourth-order valence-electron chi connectivity index (χ4n) is 2.54. The average molecular weight is 315 g/mol. The van der Waals surface area contributed by atoms with Crippen molar-refractivity contribution >= 4 is 16.7 Å². The van der Waals surface area contributed by atoms with Gasteiger partial charge in [-0.15, -0.1) is 0 Å². The molecule has 0 bridgehead atoms. The maximum atomic E-state index is 12.3. The predicted molar refractivity (Wildman–Crippen MR) is 89.3 cm³/mol. The molecule has 2 heterocycles. The molecule has 2 rings (SSSR count). The number of anilines is 1. The highest BCUT2D eigenvalue weighted by molar-refractivity contribution is 5.88. The van der Waals surface area contributed by atoms with Crippen LogP contribution in [0.2, 0.25) is 0 Å². The zero-order valence-electron chi connectivity index (χ0n) is 13.4. The van der Waals surface area contributed by atoms with Crippen LogP contribution >= 0.6 is 0 Å². The number of pyridine rings is 2. The van der Waals surface area contributed by atoms with Crippen molar-refractivity contribution in [1.82, 2.24) is 9.55 Å². The third-order valence-electron chi connectivity index (χ3n) is 3.92. The Hall–Kier alpha value is -2.43. The number of aromatic nitrogens is 2. The van der Waals surface area contributed by atoms with Crippen LogP contribution < -0.4 is 16.2 Å². The Kier molecular flexibility index (Phi) is 5.32. The largest absolute Gasteiger partial charge is 0.396 e. The topological polar surface area (TPSA) is 108 Å². The second-order valence-electron chi connectivity index (χ2n) is 5.46. The molecule has 0 fully saturated rings. The summed E-state index contributed by atoms with van der Waals surface area (Å²) in [6.07, 6.45) is 0.555. The van der Waals surface area contributed by atoms with E-state index in [2.05, 4.69) is 4.98 Å². The molecule has 0 aliphatic heterocycles. The molecule has 0 saturated carbocycles. The summed E-state index contributed by atoms with van der Waals surface area (Å²) in [6, 6.07) is 6.83. The van der Waals surface area contributed by atoms with E-state index in [4.69, 9.17) is 16.1 Å². The minimum atomic E-state index is -0.155. The van der Waals surface area contributed by atoms with Gasteiger partial charge in [-0.25, -0.2) is 4.98 Å². The van der Waals surface area contributed by atoms with Gasteiger partial charge in [0.15, 0.2) is 0 Å². The van der Waals surface area contributed by atoms with Crippen LogP contribution in [0.25, 0.3) is 11.0 Å². The summed E-state index contributed by atoms with van der Waals surface area (Å²) in [7, 11) is 1.67. The van der Waals surface area contributed by atoms with E-state index in [0.717, 1.165) is 0 Å². The summed E-state index contributed by atoms with van der Waals surface area (Å²) < 4.78 is 1.50. The molecule has 7 nitrogen and oxygen atoms in total. The molecule has 23 heavy (non-hydrogen) atoms.